The second kappa shape index (κ2) is 9.87. The summed E-state index contributed by atoms with van der Waals surface area (Å²) in [7, 11) is 0. The Balaban J connectivity index is 0.000000921. The van der Waals surface area contributed by atoms with Crippen LogP contribution in [-0.4, -0.2) is 19.5 Å². The third-order valence-electron chi connectivity index (χ3n) is 2.61. The number of rotatable bonds is 3. The number of hydrogen-bond donors (Lipinski definition) is 0. The molecule has 0 amide bonds. The molecule has 0 aliphatic heterocycles. The highest BCUT2D eigenvalue weighted by Crippen LogP contribution is 2.21. The highest BCUT2D eigenvalue weighted by atomic mass is 15.1. The van der Waals surface area contributed by atoms with Gasteiger partial charge in [0.25, 0.3) is 0 Å². The van der Waals surface area contributed by atoms with Crippen LogP contribution in [0.4, 0.5) is 0 Å². The standard InChI is InChI=1S/C12H15N5.2C2H6/c1-8(2)10-11-12(16-9(3)15-10)17(7-14-11)6-4-5-13;2*1-2/h7-8H,4,6H2,1-3H3;2*1-2H3. The molecule has 5 nitrogen and oxygen atoms in total. The fraction of sp³-hybridized carbons (Fsp3) is 0.625. The Kier molecular flexibility index (Phi) is 8.95. The highest BCUT2D eigenvalue weighted by molar-refractivity contribution is 5.74. The molecule has 21 heavy (non-hydrogen) atoms. The summed E-state index contributed by atoms with van der Waals surface area (Å²) >= 11 is 0. The molecular formula is C16H27N5. The third kappa shape index (κ3) is 4.82. The summed E-state index contributed by atoms with van der Waals surface area (Å²) in [6.45, 7) is 14.7. The minimum Gasteiger partial charge on any atom is -0.314 e. The van der Waals surface area contributed by atoms with Gasteiger partial charge in [-0.15, -0.1) is 0 Å². The first-order valence-electron chi connectivity index (χ1n) is 7.69. The van der Waals surface area contributed by atoms with Crippen LogP contribution in [0, 0.1) is 18.3 Å². The summed E-state index contributed by atoms with van der Waals surface area (Å²) in [5.74, 6) is 1.07. The van der Waals surface area contributed by atoms with Crippen LogP contribution in [0.1, 0.15) is 65.4 Å². The van der Waals surface area contributed by atoms with E-state index in [1.807, 2.05) is 39.2 Å². The van der Waals surface area contributed by atoms with Crippen molar-refractivity contribution in [2.75, 3.05) is 0 Å². The maximum atomic E-state index is 8.62. The van der Waals surface area contributed by atoms with Crippen molar-refractivity contribution >= 4 is 11.2 Å². The van der Waals surface area contributed by atoms with Crippen LogP contribution in [0.3, 0.4) is 0 Å². The Bertz CT molecular complexity index is 578. The highest BCUT2D eigenvalue weighted by Gasteiger charge is 2.13. The van der Waals surface area contributed by atoms with E-state index in [1.165, 1.54) is 0 Å². The van der Waals surface area contributed by atoms with Gasteiger partial charge >= 0.3 is 0 Å². The smallest absolute Gasteiger partial charge is 0.163 e. The number of aromatic nitrogens is 4. The molecule has 0 saturated carbocycles. The maximum absolute atomic E-state index is 8.62. The molecule has 116 valence electrons. The second-order valence-electron chi connectivity index (χ2n) is 4.33. The normalized spacial score (nSPS) is 9.48. The number of nitriles is 1. The predicted molar refractivity (Wildman–Crippen MR) is 87.1 cm³/mol. The van der Waals surface area contributed by atoms with Gasteiger partial charge in [-0.3, -0.25) is 0 Å². The van der Waals surface area contributed by atoms with Gasteiger partial charge in [-0.1, -0.05) is 41.5 Å². The van der Waals surface area contributed by atoms with E-state index in [1.54, 1.807) is 6.33 Å². The van der Waals surface area contributed by atoms with E-state index in [4.69, 9.17) is 5.26 Å². The van der Waals surface area contributed by atoms with Crippen LogP contribution < -0.4 is 0 Å². The Morgan fingerprint density at radius 3 is 2.33 bits per heavy atom. The molecule has 2 aromatic heterocycles. The zero-order valence-electron chi connectivity index (χ0n) is 14.3. The van der Waals surface area contributed by atoms with Gasteiger partial charge in [0.2, 0.25) is 0 Å². The van der Waals surface area contributed by atoms with Crippen molar-refractivity contribution < 1.29 is 0 Å². The Morgan fingerprint density at radius 2 is 1.81 bits per heavy atom. The minimum atomic E-state index is 0.318. The molecule has 0 atom stereocenters. The summed E-state index contributed by atoms with van der Waals surface area (Å²) in [4.78, 5) is 13.2. The molecule has 2 aromatic rings. The average Bonchev–Trinajstić information content (AvgIpc) is 2.91. The van der Waals surface area contributed by atoms with Gasteiger partial charge in [-0.25, -0.2) is 15.0 Å². The number of hydrogen-bond acceptors (Lipinski definition) is 4. The molecule has 0 spiro atoms. The van der Waals surface area contributed by atoms with Crippen LogP contribution in [0.5, 0.6) is 0 Å². The molecule has 0 bridgehead atoms. The van der Waals surface area contributed by atoms with E-state index in [2.05, 4.69) is 34.9 Å². The monoisotopic (exact) mass is 289 g/mol. The lowest BCUT2D eigenvalue weighted by molar-refractivity contribution is 0.726. The van der Waals surface area contributed by atoms with E-state index in [9.17, 15) is 0 Å². The predicted octanol–water partition coefficient (Wildman–Crippen LogP) is 4.22. The summed E-state index contributed by atoms with van der Waals surface area (Å²) in [5.41, 5.74) is 2.66. The van der Waals surface area contributed by atoms with Crippen molar-refractivity contribution in [3.8, 4) is 6.07 Å². The first-order chi connectivity index (χ1) is 10.1. The molecule has 0 N–H and O–H groups in total. The lowest BCUT2D eigenvalue weighted by Gasteiger charge is -2.07. The molecule has 0 aliphatic carbocycles. The summed E-state index contributed by atoms with van der Waals surface area (Å²) in [6.07, 6.45) is 2.20. The first-order valence-corrected chi connectivity index (χ1v) is 7.69. The van der Waals surface area contributed by atoms with Crippen LogP contribution in [0.2, 0.25) is 0 Å². The fourth-order valence-electron chi connectivity index (χ4n) is 1.82. The van der Waals surface area contributed by atoms with Gasteiger partial charge in [-0.05, 0) is 12.8 Å². The van der Waals surface area contributed by atoms with Gasteiger partial charge < -0.3 is 4.57 Å². The molecule has 5 heteroatoms. The van der Waals surface area contributed by atoms with E-state index < -0.39 is 0 Å². The quantitative estimate of drug-likeness (QED) is 0.848. The van der Waals surface area contributed by atoms with Gasteiger partial charge in [0.1, 0.15) is 11.3 Å². The minimum absolute atomic E-state index is 0.318. The largest absolute Gasteiger partial charge is 0.314 e. The lowest BCUT2D eigenvalue weighted by Crippen LogP contribution is -2.02. The average molecular weight is 289 g/mol. The van der Waals surface area contributed by atoms with E-state index in [0.717, 1.165) is 22.7 Å². The Morgan fingerprint density at radius 1 is 1.19 bits per heavy atom. The zero-order valence-corrected chi connectivity index (χ0v) is 14.3. The van der Waals surface area contributed by atoms with E-state index >= 15 is 0 Å². The molecule has 0 unspecified atom stereocenters. The third-order valence-corrected chi connectivity index (χ3v) is 2.61. The number of nitrogens with zero attached hydrogens (tertiary/aromatic N) is 5. The summed E-state index contributed by atoms with van der Waals surface area (Å²) in [6, 6.07) is 2.13. The zero-order chi connectivity index (χ0) is 16.4. The number of imidazole rings is 1. The molecule has 0 radical (unpaired) electrons. The fourth-order valence-corrected chi connectivity index (χ4v) is 1.82. The Labute approximate surface area is 128 Å². The van der Waals surface area contributed by atoms with Gasteiger partial charge in [-0.2, -0.15) is 5.26 Å². The molecular weight excluding hydrogens is 262 g/mol. The van der Waals surface area contributed by atoms with Crippen molar-refractivity contribution in [2.45, 2.75) is 67.3 Å². The summed E-state index contributed by atoms with van der Waals surface area (Å²) < 4.78 is 1.92. The van der Waals surface area contributed by atoms with Crippen molar-refractivity contribution in [1.29, 1.82) is 5.26 Å². The lowest BCUT2D eigenvalue weighted by atomic mass is 10.1. The van der Waals surface area contributed by atoms with Crippen LogP contribution >= 0.6 is 0 Å². The SMILES string of the molecule is CC.CC.Cc1nc(C(C)C)c2ncn(CCC#N)c2n1. The van der Waals surface area contributed by atoms with Crippen molar-refractivity contribution in [3.05, 3.63) is 17.8 Å². The molecule has 0 saturated heterocycles. The topological polar surface area (TPSA) is 67.4 Å². The molecule has 2 heterocycles. The first kappa shape index (κ1) is 19.0. The van der Waals surface area contributed by atoms with Crippen LogP contribution in [0.25, 0.3) is 11.2 Å². The van der Waals surface area contributed by atoms with Crippen molar-refractivity contribution in [1.82, 2.24) is 19.5 Å². The van der Waals surface area contributed by atoms with Crippen molar-refractivity contribution in [3.63, 3.8) is 0 Å². The van der Waals surface area contributed by atoms with E-state index in [0.29, 0.717) is 18.9 Å². The molecule has 0 aromatic carbocycles. The van der Waals surface area contributed by atoms with Crippen LogP contribution in [0.15, 0.2) is 6.33 Å². The number of aryl methyl sites for hydroxylation is 2. The van der Waals surface area contributed by atoms with Crippen molar-refractivity contribution in [2.24, 2.45) is 0 Å². The van der Waals surface area contributed by atoms with E-state index in [-0.39, 0.29) is 0 Å². The molecule has 0 aliphatic rings. The number of fused-ring (bicyclic) bond motifs is 1. The summed E-state index contributed by atoms with van der Waals surface area (Å²) in [5, 5.41) is 8.62. The van der Waals surface area contributed by atoms with Gasteiger partial charge in [0.15, 0.2) is 5.65 Å². The molecule has 0 fully saturated rings. The Hall–Kier alpha value is -1.96. The maximum Gasteiger partial charge on any atom is 0.163 e. The molecule has 2 rings (SSSR count). The second-order valence-corrected chi connectivity index (χ2v) is 4.33. The van der Waals surface area contributed by atoms with Crippen LogP contribution in [-0.2, 0) is 6.54 Å². The van der Waals surface area contributed by atoms with Gasteiger partial charge in [0, 0.05) is 6.54 Å². The van der Waals surface area contributed by atoms with Gasteiger partial charge in [0.05, 0.1) is 24.5 Å².